The van der Waals surface area contributed by atoms with Crippen molar-refractivity contribution in [2.75, 3.05) is 19.5 Å². The van der Waals surface area contributed by atoms with Crippen molar-refractivity contribution in [2.24, 2.45) is 0 Å². The van der Waals surface area contributed by atoms with E-state index >= 15 is 0 Å². The van der Waals surface area contributed by atoms with Crippen LogP contribution in [0.2, 0.25) is 0 Å². The molecule has 0 saturated heterocycles. The Labute approximate surface area is 180 Å². The number of rotatable bonds is 4. The number of hydrogen-bond acceptors (Lipinski definition) is 11. The van der Waals surface area contributed by atoms with E-state index in [4.69, 9.17) is 0 Å². The SMILES string of the molecule is COC(=O)c1nc(C)ncc1Br.COC(=O)c1nc(C)ncc1Nc1cncnc1. The van der Waals surface area contributed by atoms with E-state index < -0.39 is 11.9 Å². The van der Waals surface area contributed by atoms with Crippen LogP contribution in [-0.2, 0) is 9.47 Å². The minimum atomic E-state index is -0.528. The zero-order chi connectivity index (χ0) is 22.1. The summed E-state index contributed by atoms with van der Waals surface area (Å²) in [6.45, 7) is 3.40. The minimum Gasteiger partial charge on any atom is -0.464 e. The highest BCUT2D eigenvalue weighted by molar-refractivity contribution is 9.10. The maximum atomic E-state index is 11.6. The molecule has 0 atom stereocenters. The lowest BCUT2D eigenvalue weighted by molar-refractivity contribution is 0.0584. The first-order valence-electron chi connectivity index (χ1n) is 8.37. The van der Waals surface area contributed by atoms with Gasteiger partial charge >= 0.3 is 11.9 Å². The van der Waals surface area contributed by atoms with Crippen LogP contribution in [0.1, 0.15) is 32.6 Å². The fourth-order valence-electron chi connectivity index (χ4n) is 2.03. The maximum Gasteiger partial charge on any atom is 0.358 e. The van der Waals surface area contributed by atoms with Crippen LogP contribution in [0.15, 0.2) is 35.6 Å². The van der Waals surface area contributed by atoms with Crippen LogP contribution in [0.25, 0.3) is 0 Å². The molecule has 0 fully saturated rings. The van der Waals surface area contributed by atoms with Crippen molar-refractivity contribution in [2.45, 2.75) is 13.8 Å². The standard InChI is InChI=1S/C11H11N5O2.C7H7BrN2O2/c1-7-14-5-9(10(15-7)11(17)18-2)16-8-3-12-6-13-4-8;1-4-9-3-5(8)6(10-4)7(11)12-2/h3-6,16H,1-2H3;3H,1-2H3. The summed E-state index contributed by atoms with van der Waals surface area (Å²) < 4.78 is 9.72. The molecule has 0 spiro atoms. The number of hydrogen-bond donors (Lipinski definition) is 1. The average Bonchev–Trinajstić information content (AvgIpc) is 2.76. The second-order valence-electron chi connectivity index (χ2n) is 5.53. The molecular formula is C18H18BrN7O4. The highest BCUT2D eigenvalue weighted by Gasteiger charge is 2.15. The van der Waals surface area contributed by atoms with Crippen LogP contribution in [0.5, 0.6) is 0 Å². The summed E-state index contributed by atoms with van der Waals surface area (Å²) in [6.07, 6.45) is 7.61. The normalized spacial score (nSPS) is 9.77. The number of nitrogens with one attached hydrogen (secondary N) is 1. The molecule has 0 aromatic carbocycles. The number of carbonyl (C=O) groups excluding carboxylic acids is 2. The summed E-state index contributed by atoms with van der Waals surface area (Å²) in [5, 5.41) is 2.96. The van der Waals surface area contributed by atoms with Gasteiger partial charge in [-0.1, -0.05) is 0 Å². The van der Waals surface area contributed by atoms with Gasteiger partial charge in [-0.25, -0.2) is 39.5 Å². The molecule has 156 valence electrons. The second-order valence-corrected chi connectivity index (χ2v) is 6.38. The summed E-state index contributed by atoms with van der Waals surface area (Å²) in [5.74, 6) is 0.0380. The number of aryl methyl sites for hydroxylation is 2. The Kier molecular flexibility index (Phi) is 8.23. The van der Waals surface area contributed by atoms with Gasteiger partial charge in [-0.15, -0.1) is 0 Å². The van der Waals surface area contributed by atoms with E-state index in [0.717, 1.165) is 0 Å². The van der Waals surface area contributed by atoms with Crippen LogP contribution in [0.3, 0.4) is 0 Å². The third kappa shape index (κ3) is 6.24. The van der Waals surface area contributed by atoms with Gasteiger partial charge in [-0.05, 0) is 29.8 Å². The minimum absolute atomic E-state index is 0.175. The number of methoxy groups -OCH3 is 2. The van der Waals surface area contributed by atoms with Gasteiger partial charge < -0.3 is 14.8 Å². The molecule has 0 radical (unpaired) electrons. The van der Waals surface area contributed by atoms with E-state index in [1.807, 2.05) is 0 Å². The van der Waals surface area contributed by atoms with Gasteiger partial charge in [0.1, 0.15) is 18.0 Å². The molecule has 1 N–H and O–H groups in total. The zero-order valence-corrected chi connectivity index (χ0v) is 18.2. The molecule has 3 aromatic rings. The van der Waals surface area contributed by atoms with E-state index in [9.17, 15) is 9.59 Å². The molecule has 3 heterocycles. The molecule has 0 saturated carbocycles. The lowest BCUT2D eigenvalue weighted by atomic mass is 10.3. The molecule has 0 aliphatic heterocycles. The van der Waals surface area contributed by atoms with Gasteiger partial charge in [0.15, 0.2) is 11.4 Å². The third-order valence-corrected chi connectivity index (χ3v) is 3.95. The number of esters is 2. The van der Waals surface area contributed by atoms with Crippen LogP contribution in [-0.4, -0.2) is 56.1 Å². The lowest BCUT2D eigenvalue weighted by Gasteiger charge is -2.09. The van der Waals surface area contributed by atoms with E-state index in [1.165, 1.54) is 32.9 Å². The molecule has 3 rings (SSSR count). The maximum absolute atomic E-state index is 11.6. The summed E-state index contributed by atoms with van der Waals surface area (Å²) in [4.78, 5) is 46.2. The predicted molar refractivity (Wildman–Crippen MR) is 109 cm³/mol. The summed E-state index contributed by atoms with van der Waals surface area (Å²) in [6, 6.07) is 0. The first-order valence-corrected chi connectivity index (χ1v) is 9.16. The largest absolute Gasteiger partial charge is 0.464 e. The lowest BCUT2D eigenvalue weighted by Crippen LogP contribution is -2.10. The quantitative estimate of drug-likeness (QED) is 0.555. The van der Waals surface area contributed by atoms with Crippen LogP contribution in [0.4, 0.5) is 11.4 Å². The monoisotopic (exact) mass is 475 g/mol. The number of ether oxygens (including phenoxy) is 2. The van der Waals surface area contributed by atoms with E-state index in [0.29, 0.717) is 27.5 Å². The summed E-state index contributed by atoms with van der Waals surface area (Å²) in [5.41, 5.74) is 1.51. The number of carbonyl (C=O) groups is 2. The molecule has 0 aliphatic carbocycles. The fourth-order valence-corrected chi connectivity index (χ4v) is 2.38. The van der Waals surface area contributed by atoms with Gasteiger partial charge in [0.25, 0.3) is 0 Å². The first kappa shape index (κ1) is 22.7. The van der Waals surface area contributed by atoms with E-state index in [2.05, 4.69) is 60.6 Å². The molecule has 12 heteroatoms. The number of aromatic nitrogens is 6. The molecule has 0 unspecified atom stereocenters. The Morgan fingerprint density at radius 1 is 0.867 bits per heavy atom. The van der Waals surface area contributed by atoms with Crippen molar-refractivity contribution < 1.29 is 19.1 Å². The highest BCUT2D eigenvalue weighted by atomic mass is 79.9. The van der Waals surface area contributed by atoms with E-state index in [-0.39, 0.29) is 11.4 Å². The Hall–Kier alpha value is -3.54. The number of anilines is 2. The molecule has 0 aliphatic rings. The van der Waals surface area contributed by atoms with Crippen molar-refractivity contribution in [3.05, 3.63) is 58.6 Å². The molecule has 3 aromatic heterocycles. The Bertz CT molecular complexity index is 1030. The molecule has 30 heavy (non-hydrogen) atoms. The van der Waals surface area contributed by atoms with E-state index in [1.54, 1.807) is 26.2 Å². The van der Waals surface area contributed by atoms with Crippen LogP contribution < -0.4 is 5.32 Å². The van der Waals surface area contributed by atoms with Gasteiger partial charge in [-0.2, -0.15) is 0 Å². The molecule has 0 amide bonds. The average molecular weight is 476 g/mol. The van der Waals surface area contributed by atoms with Gasteiger partial charge in [-0.3, -0.25) is 0 Å². The van der Waals surface area contributed by atoms with Crippen molar-refractivity contribution in [1.29, 1.82) is 0 Å². The highest BCUT2D eigenvalue weighted by Crippen LogP contribution is 2.18. The number of halogens is 1. The van der Waals surface area contributed by atoms with Crippen molar-refractivity contribution in [1.82, 2.24) is 29.9 Å². The Morgan fingerprint density at radius 2 is 1.40 bits per heavy atom. The van der Waals surface area contributed by atoms with Crippen LogP contribution >= 0.6 is 15.9 Å². The summed E-state index contributed by atoms with van der Waals surface area (Å²) in [7, 11) is 2.61. The molecule has 11 nitrogen and oxygen atoms in total. The summed E-state index contributed by atoms with van der Waals surface area (Å²) >= 11 is 3.15. The Balaban J connectivity index is 0.000000232. The smallest absolute Gasteiger partial charge is 0.358 e. The predicted octanol–water partition coefficient (Wildman–Crippen LogP) is 2.44. The topological polar surface area (TPSA) is 142 Å². The van der Waals surface area contributed by atoms with Crippen molar-refractivity contribution >= 4 is 39.2 Å². The van der Waals surface area contributed by atoms with Crippen LogP contribution in [0, 0.1) is 13.8 Å². The molecular weight excluding hydrogens is 458 g/mol. The van der Waals surface area contributed by atoms with Gasteiger partial charge in [0.05, 0.1) is 48.7 Å². The zero-order valence-electron chi connectivity index (χ0n) is 16.6. The number of nitrogens with zero attached hydrogens (tertiary/aromatic N) is 6. The third-order valence-electron chi connectivity index (χ3n) is 3.37. The van der Waals surface area contributed by atoms with Crippen molar-refractivity contribution in [3.8, 4) is 0 Å². The fraction of sp³-hybridized carbons (Fsp3) is 0.222. The first-order chi connectivity index (χ1) is 14.3. The molecule has 0 bridgehead atoms. The van der Waals surface area contributed by atoms with Crippen molar-refractivity contribution in [3.63, 3.8) is 0 Å². The van der Waals surface area contributed by atoms with Gasteiger partial charge in [0, 0.05) is 6.20 Å². The van der Waals surface area contributed by atoms with Gasteiger partial charge in [0.2, 0.25) is 0 Å². The second kappa shape index (κ2) is 10.9. The Morgan fingerprint density at radius 3 is 2.00 bits per heavy atom.